The number of likely N-dealkylation sites (tertiary alicyclic amines) is 1. The molecule has 0 spiro atoms. The van der Waals surface area contributed by atoms with Crippen LogP contribution in [0, 0.1) is 17.2 Å². The molecule has 2 amide bonds. The number of carbonyl (C=O) groups is 3. The molecular formula is C27H31N7O4. The molecule has 0 saturated carbocycles. The first kappa shape index (κ1) is 25.4. The molecule has 3 aliphatic rings. The van der Waals surface area contributed by atoms with Crippen LogP contribution in [0.1, 0.15) is 59.3 Å². The molecule has 2 N–H and O–H groups in total. The number of carbonyl (C=O) groups excluding carboxylic acids is 3. The molecule has 198 valence electrons. The summed E-state index contributed by atoms with van der Waals surface area (Å²) in [5.41, 5.74) is 2.53. The molecule has 5 heterocycles. The summed E-state index contributed by atoms with van der Waals surface area (Å²) in [6.07, 6.45) is 6.68. The standard InChI is InChI=1S/C27H31N7O4/c28-12-21-13-30-24(11-23(21)38-16-18-5-6-29-25(36)9-18)31-17-34-8-1-3-19-10-20(22(15-35)32-27(19)34)14-33-7-2-4-26(33)37/h10-11,13,15,18H,1-9,14,16-17H2,(H,29,36)(H,30,31). The first-order valence-corrected chi connectivity index (χ1v) is 13.1. The first-order chi connectivity index (χ1) is 18.5. The molecule has 11 nitrogen and oxygen atoms in total. The van der Waals surface area contributed by atoms with Gasteiger partial charge in [-0.3, -0.25) is 14.4 Å². The van der Waals surface area contributed by atoms with Crippen molar-refractivity contribution in [1.82, 2.24) is 20.2 Å². The van der Waals surface area contributed by atoms with Crippen LogP contribution in [0.3, 0.4) is 0 Å². The van der Waals surface area contributed by atoms with E-state index >= 15 is 0 Å². The Labute approximate surface area is 221 Å². The fourth-order valence-electron chi connectivity index (χ4n) is 5.21. The number of ether oxygens (including phenoxy) is 1. The predicted octanol–water partition coefficient (Wildman–Crippen LogP) is 2.01. The number of amides is 2. The third-order valence-electron chi connectivity index (χ3n) is 7.27. The van der Waals surface area contributed by atoms with Crippen LogP contribution in [0.4, 0.5) is 11.6 Å². The molecule has 2 saturated heterocycles. The molecule has 38 heavy (non-hydrogen) atoms. The van der Waals surface area contributed by atoms with Gasteiger partial charge in [0.1, 0.15) is 34.7 Å². The van der Waals surface area contributed by atoms with E-state index in [4.69, 9.17) is 4.74 Å². The van der Waals surface area contributed by atoms with E-state index in [9.17, 15) is 19.6 Å². The molecule has 2 aromatic heterocycles. The van der Waals surface area contributed by atoms with Gasteiger partial charge in [-0.1, -0.05) is 0 Å². The zero-order valence-electron chi connectivity index (χ0n) is 21.2. The van der Waals surface area contributed by atoms with Crippen molar-refractivity contribution >= 4 is 29.7 Å². The zero-order chi connectivity index (χ0) is 26.5. The Hall–Kier alpha value is -4.20. The number of nitrogens with one attached hydrogen (secondary N) is 2. The number of pyridine rings is 2. The van der Waals surface area contributed by atoms with E-state index in [-0.39, 0.29) is 17.7 Å². The Morgan fingerprint density at radius 1 is 1.21 bits per heavy atom. The largest absolute Gasteiger partial charge is 0.492 e. The van der Waals surface area contributed by atoms with E-state index in [1.807, 2.05) is 6.07 Å². The molecule has 1 atom stereocenters. The Balaban J connectivity index is 1.27. The second kappa shape index (κ2) is 11.5. The minimum Gasteiger partial charge on any atom is -0.492 e. The SMILES string of the molecule is N#Cc1cnc(NCN2CCCc3cc(CN4CCCC4=O)c(C=O)nc32)cc1OCC1CCNC(=O)C1. The maximum absolute atomic E-state index is 12.1. The van der Waals surface area contributed by atoms with Crippen LogP contribution in [0.25, 0.3) is 0 Å². The summed E-state index contributed by atoms with van der Waals surface area (Å²) in [6, 6.07) is 5.83. The molecule has 0 bridgehead atoms. The van der Waals surface area contributed by atoms with Gasteiger partial charge >= 0.3 is 0 Å². The maximum Gasteiger partial charge on any atom is 0.222 e. The highest BCUT2D eigenvalue weighted by Gasteiger charge is 2.25. The highest BCUT2D eigenvalue weighted by atomic mass is 16.5. The van der Waals surface area contributed by atoms with Gasteiger partial charge in [-0.2, -0.15) is 5.26 Å². The van der Waals surface area contributed by atoms with E-state index in [1.165, 1.54) is 6.20 Å². The lowest BCUT2D eigenvalue weighted by Gasteiger charge is -2.31. The van der Waals surface area contributed by atoms with Gasteiger partial charge in [0.05, 0.1) is 19.5 Å². The van der Waals surface area contributed by atoms with Crippen molar-refractivity contribution in [2.75, 3.05) is 43.1 Å². The third kappa shape index (κ3) is 5.69. The monoisotopic (exact) mass is 517 g/mol. The van der Waals surface area contributed by atoms with Crippen LogP contribution in [-0.2, 0) is 22.6 Å². The average Bonchev–Trinajstić information content (AvgIpc) is 3.34. The van der Waals surface area contributed by atoms with Crippen molar-refractivity contribution in [1.29, 1.82) is 5.26 Å². The Kier molecular flexibility index (Phi) is 7.67. The molecule has 11 heteroatoms. The summed E-state index contributed by atoms with van der Waals surface area (Å²) in [7, 11) is 0. The highest BCUT2D eigenvalue weighted by molar-refractivity contribution is 5.80. The van der Waals surface area contributed by atoms with Crippen LogP contribution in [0.5, 0.6) is 5.75 Å². The molecule has 2 fully saturated rings. The lowest BCUT2D eigenvalue weighted by molar-refractivity contribution is -0.128. The van der Waals surface area contributed by atoms with Gasteiger partial charge in [0.15, 0.2) is 6.29 Å². The van der Waals surface area contributed by atoms with Crippen molar-refractivity contribution in [3.63, 3.8) is 0 Å². The first-order valence-electron chi connectivity index (χ1n) is 13.1. The molecule has 5 rings (SSSR count). The number of fused-ring (bicyclic) bond motifs is 1. The lowest BCUT2D eigenvalue weighted by atomic mass is 9.99. The van der Waals surface area contributed by atoms with Crippen molar-refractivity contribution < 1.29 is 19.1 Å². The topological polar surface area (TPSA) is 141 Å². The quantitative estimate of drug-likeness (QED) is 0.478. The normalized spacial score (nSPS) is 19.0. The van der Waals surface area contributed by atoms with E-state index in [0.717, 1.165) is 55.5 Å². The number of nitriles is 1. The van der Waals surface area contributed by atoms with E-state index in [1.54, 1.807) is 11.0 Å². The lowest BCUT2D eigenvalue weighted by Crippen LogP contribution is -2.36. The summed E-state index contributed by atoms with van der Waals surface area (Å²) in [4.78, 5) is 48.5. The molecule has 0 aliphatic carbocycles. The Morgan fingerprint density at radius 3 is 2.82 bits per heavy atom. The van der Waals surface area contributed by atoms with Crippen molar-refractivity contribution in [2.24, 2.45) is 5.92 Å². The second-order valence-electron chi connectivity index (χ2n) is 9.95. The molecular weight excluding hydrogens is 486 g/mol. The smallest absolute Gasteiger partial charge is 0.222 e. The summed E-state index contributed by atoms with van der Waals surface area (Å²) in [6.45, 7) is 3.28. The van der Waals surface area contributed by atoms with Gasteiger partial charge in [-0.05, 0) is 37.3 Å². The third-order valence-corrected chi connectivity index (χ3v) is 7.27. The number of aromatic nitrogens is 2. The van der Waals surface area contributed by atoms with Crippen LogP contribution in [0.2, 0.25) is 0 Å². The number of anilines is 2. The van der Waals surface area contributed by atoms with Gasteiger partial charge in [-0.25, -0.2) is 9.97 Å². The Morgan fingerprint density at radius 2 is 2.05 bits per heavy atom. The van der Waals surface area contributed by atoms with Crippen molar-refractivity contribution in [3.8, 4) is 11.8 Å². The van der Waals surface area contributed by atoms with E-state index in [2.05, 4.69) is 31.6 Å². The Bertz CT molecular complexity index is 1270. The fraction of sp³-hybridized carbons (Fsp3) is 0.481. The van der Waals surface area contributed by atoms with Crippen molar-refractivity contribution in [2.45, 2.75) is 45.1 Å². The summed E-state index contributed by atoms with van der Waals surface area (Å²) >= 11 is 0. The fourth-order valence-corrected chi connectivity index (χ4v) is 5.21. The molecule has 2 aromatic rings. The number of aryl methyl sites for hydroxylation is 1. The molecule has 0 radical (unpaired) electrons. The minimum absolute atomic E-state index is 0.0206. The van der Waals surface area contributed by atoms with E-state index in [0.29, 0.717) is 68.6 Å². The van der Waals surface area contributed by atoms with Gasteiger partial charge in [-0.15, -0.1) is 0 Å². The summed E-state index contributed by atoms with van der Waals surface area (Å²) < 4.78 is 5.93. The number of aldehydes is 1. The minimum atomic E-state index is 0.0206. The van der Waals surface area contributed by atoms with Crippen molar-refractivity contribution in [3.05, 3.63) is 40.7 Å². The molecule has 1 unspecified atom stereocenters. The molecule has 3 aliphatic heterocycles. The zero-order valence-corrected chi connectivity index (χ0v) is 21.2. The summed E-state index contributed by atoms with van der Waals surface area (Å²) in [5.74, 6) is 1.98. The second-order valence-corrected chi connectivity index (χ2v) is 9.95. The number of hydrogen-bond donors (Lipinski definition) is 2. The number of nitrogens with zero attached hydrogens (tertiary/aromatic N) is 5. The van der Waals surface area contributed by atoms with Gasteiger partial charge in [0, 0.05) is 56.6 Å². The molecule has 0 aromatic carbocycles. The summed E-state index contributed by atoms with van der Waals surface area (Å²) in [5, 5.41) is 15.6. The van der Waals surface area contributed by atoms with Gasteiger partial charge < -0.3 is 25.2 Å². The highest BCUT2D eigenvalue weighted by Crippen LogP contribution is 2.29. The number of piperidine rings is 1. The number of hydrogen-bond acceptors (Lipinski definition) is 9. The number of rotatable bonds is 9. The van der Waals surface area contributed by atoms with Crippen LogP contribution in [0.15, 0.2) is 18.3 Å². The van der Waals surface area contributed by atoms with Crippen LogP contribution >= 0.6 is 0 Å². The van der Waals surface area contributed by atoms with Crippen LogP contribution in [-0.4, -0.2) is 65.9 Å². The maximum atomic E-state index is 12.1. The van der Waals surface area contributed by atoms with E-state index < -0.39 is 0 Å². The predicted molar refractivity (Wildman–Crippen MR) is 139 cm³/mol. The van der Waals surface area contributed by atoms with Gasteiger partial charge in [0.25, 0.3) is 0 Å². The van der Waals surface area contributed by atoms with Crippen LogP contribution < -0.4 is 20.3 Å². The van der Waals surface area contributed by atoms with Gasteiger partial charge in [0.2, 0.25) is 11.8 Å². The average molecular weight is 518 g/mol.